The number of ether oxygens (including phenoxy) is 1. The maximum atomic E-state index is 11.7. The third-order valence-corrected chi connectivity index (χ3v) is 2.37. The van der Waals surface area contributed by atoms with E-state index in [4.69, 9.17) is 4.74 Å². The van der Waals surface area contributed by atoms with E-state index in [0.29, 0.717) is 0 Å². The van der Waals surface area contributed by atoms with Gasteiger partial charge in [0.05, 0.1) is 6.04 Å². The molecule has 0 aliphatic carbocycles. The Labute approximate surface area is 108 Å². The summed E-state index contributed by atoms with van der Waals surface area (Å²) in [4.78, 5) is 11.7. The monoisotopic (exact) mass is 251 g/mol. The number of phenols is 1. The number of phenolic OH excluding ortho intramolecular Hbond substituents is 1. The second kappa shape index (κ2) is 5.76. The lowest BCUT2D eigenvalue weighted by atomic mass is 10.0. The summed E-state index contributed by atoms with van der Waals surface area (Å²) in [7, 11) is 0. The molecule has 0 aliphatic heterocycles. The molecule has 0 radical (unpaired) electrons. The van der Waals surface area contributed by atoms with E-state index < -0.39 is 11.7 Å². The summed E-state index contributed by atoms with van der Waals surface area (Å²) >= 11 is 0. The zero-order valence-electron chi connectivity index (χ0n) is 11.4. The van der Waals surface area contributed by atoms with E-state index in [1.165, 1.54) is 0 Å². The van der Waals surface area contributed by atoms with Crippen molar-refractivity contribution in [1.82, 2.24) is 5.32 Å². The molecule has 1 amide bonds. The highest BCUT2D eigenvalue weighted by Crippen LogP contribution is 2.21. The fraction of sp³-hybridized carbons (Fsp3) is 0.500. The van der Waals surface area contributed by atoms with Crippen LogP contribution >= 0.6 is 0 Å². The molecule has 0 spiro atoms. The van der Waals surface area contributed by atoms with E-state index in [0.717, 1.165) is 12.0 Å². The molecule has 0 heterocycles. The van der Waals surface area contributed by atoms with E-state index >= 15 is 0 Å². The minimum absolute atomic E-state index is 0.160. The largest absolute Gasteiger partial charge is 0.508 e. The molecular formula is C14H21NO3. The summed E-state index contributed by atoms with van der Waals surface area (Å²) in [5, 5.41) is 12.2. The summed E-state index contributed by atoms with van der Waals surface area (Å²) < 4.78 is 5.21. The standard InChI is InChI=1S/C14H21NO3/c1-5-12(10-7-6-8-11(16)9-10)15-13(17)18-14(2,3)4/h6-9,12,16H,5H2,1-4H3,(H,15,17). The van der Waals surface area contributed by atoms with Gasteiger partial charge in [-0.25, -0.2) is 4.79 Å². The molecule has 0 saturated heterocycles. The van der Waals surface area contributed by atoms with Crippen molar-refractivity contribution in [1.29, 1.82) is 0 Å². The van der Waals surface area contributed by atoms with Gasteiger partial charge >= 0.3 is 6.09 Å². The van der Waals surface area contributed by atoms with Crippen molar-refractivity contribution in [2.75, 3.05) is 0 Å². The Balaban J connectivity index is 2.71. The van der Waals surface area contributed by atoms with Gasteiger partial charge in [0, 0.05) is 0 Å². The van der Waals surface area contributed by atoms with Crippen LogP contribution in [-0.4, -0.2) is 16.8 Å². The molecule has 18 heavy (non-hydrogen) atoms. The van der Waals surface area contributed by atoms with Crippen LogP contribution < -0.4 is 5.32 Å². The number of hydrogen-bond donors (Lipinski definition) is 2. The van der Waals surface area contributed by atoms with Gasteiger partial charge in [0.15, 0.2) is 0 Å². The van der Waals surface area contributed by atoms with Gasteiger partial charge in [-0.2, -0.15) is 0 Å². The highest BCUT2D eigenvalue weighted by atomic mass is 16.6. The van der Waals surface area contributed by atoms with Crippen molar-refractivity contribution in [2.45, 2.75) is 45.8 Å². The fourth-order valence-corrected chi connectivity index (χ4v) is 1.61. The Morgan fingerprint density at radius 3 is 2.61 bits per heavy atom. The SMILES string of the molecule is CCC(NC(=O)OC(C)(C)C)c1cccc(O)c1. The van der Waals surface area contributed by atoms with Gasteiger partial charge in [-0.1, -0.05) is 19.1 Å². The summed E-state index contributed by atoms with van der Waals surface area (Å²) in [5.41, 5.74) is 0.352. The van der Waals surface area contributed by atoms with Crippen LogP contribution in [0.2, 0.25) is 0 Å². The topological polar surface area (TPSA) is 58.6 Å². The molecule has 1 atom stereocenters. The molecule has 0 saturated carbocycles. The highest BCUT2D eigenvalue weighted by molar-refractivity contribution is 5.68. The second-order valence-electron chi connectivity index (χ2n) is 5.20. The summed E-state index contributed by atoms with van der Waals surface area (Å²) in [6, 6.07) is 6.71. The summed E-state index contributed by atoms with van der Waals surface area (Å²) in [5.74, 6) is 0.192. The Kier molecular flexibility index (Phi) is 4.59. The van der Waals surface area contributed by atoms with Crippen LogP contribution in [-0.2, 0) is 4.74 Å². The maximum Gasteiger partial charge on any atom is 0.408 e. The average molecular weight is 251 g/mol. The number of benzene rings is 1. The summed E-state index contributed by atoms with van der Waals surface area (Å²) in [6.45, 7) is 7.43. The van der Waals surface area contributed by atoms with Crippen molar-refractivity contribution >= 4 is 6.09 Å². The lowest BCUT2D eigenvalue weighted by molar-refractivity contribution is 0.0502. The van der Waals surface area contributed by atoms with E-state index in [1.54, 1.807) is 18.2 Å². The quantitative estimate of drug-likeness (QED) is 0.866. The Hall–Kier alpha value is -1.71. The molecule has 0 bridgehead atoms. The Morgan fingerprint density at radius 2 is 2.11 bits per heavy atom. The van der Waals surface area contributed by atoms with E-state index in [2.05, 4.69) is 5.32 Å². The molecule has 1 unspecified atom stereocenters. The molecule has 2 N–H and O–H groups in total. The smallest absolute Gasteiger partial charge is 0.408 e. The molecule has 1 aromatic carbocycles. The Bertz CT molecular complexity index is 410. The number of carbonyl (C=O) groups excluding carboxylic acids is 1. The molecule has 1 rings (SSSR count). The van der Waals surface area contributed by atoms with Crippen molar-refractivity contribution in [3.05, 3.63) is 29.8 Å². The van der Waals surface area contributed by atoms with Crippen LogP contribution in [0.25, 0.3) is 0 Å². The first-order chi connectivity index (χ1) is 8.31. The van der Waals surface area contributed by atoms with E-state index in [-0.39, 0.29) is 11.8 Å². The van der Waals surface area contributed by atoms with Crippen molar-refractivity contribution in [3.63, 3.8) is 0 Å². The minimum atomic E-state index is -0.513. The van der Waals surface area contributed by atoms with Crippen LogP contribution in [0.1, 0.15) is 45.7 Å². The fourth-order valence-electron chi connectivity index (χ4n) is 1.61. The number of amides is 1. The minimum Gasteiger partial charge on any atom is -0.508 e. The van der Waals surface area contributed by atoms with Crippen molar-refractivity contribution < 1.29 is 14.6 Å². The molecular weight excluding hydrogens is 230 g/mol. The first-order valence-electron chi connectivity index (χ1n) is 6.10. The van der Waals surface area contributed by atoms with Crippen LogP contribution in [0.15, 0.2) is 24.3 Å². The zero-order valence-corrected chi connectivity index (χ0v) is 11.4. The molecule has 0 fully saturated rings. The molecule has 1 aromatic rings. The highest BCUT2D eigenvalue weighted by Gasteiger charge is 2.19. The van der Waals surface area contributed by atoms with Gasteiger partial charge in [-0.05, 0) is 44.9 Å². The van der Waals surface area contributed by atoms with Gasteiger partial charge in [-0.3, -0.25) is 0 Å². The number of nitrogens with one attached hydrogen (secondary N) is 1. The molecule has 4 nitrogen and oxygen atoms in total. The number of carbonyl (C=O) groups is 1. The van der Waals surface area contributed by atoms with Crippen molar-refractivity contribution in [3.8, 4) is 5.75 Å². The lowest BCUT2D eigenvalue weighted by Crippen LogP contribution is -2.34. The molecule has 4 heteroatoms. The maximum absolute atomic E-state index is 11.7. The van der Waals surface area contributed by atoms with Crippen LogP contribution in [0, 0.1) is 0 Å². The normalized spacial score (nSPS) is 12.9. The molecule has 100 valence electrons. The number of hydrogen-bond acceptors (Lipinski definition) is 3. The van der Waals surface area contributed by atoms with Gasteiger partial charge < -0.3 is 15.2 Å². The van der Waals surface area contributed by atoms with Gasteiger partial charge in [-0.15, -0.1) is 0 Å². The number of alkyl carbamates (subject to hydrolysis) is 1. The van der Waals surface area contributed by atoms with Gasteiger partial charge in [0.1, 0.15) is 11.4 Å². The van der Waals surface area contributed by atoms with E-state index in [1.807, 2.05) is 33.8 Å². The van der Waals surface area contributed by atoms with Crippen LogP contribution in [0.5, 0.6) is 5.75 Å². The summed E-state index contributed by atoms with van der Waals surface area (Å²) in [6.07, 6.45) is 0.278. The van der Waals surface area contributed by atoms with Crippen LogP contribution in [0.3, 0.4) is 0 Å². The average Bonchev–Trinajstić information content (AvgIpc) is 2.23. The molecule has 0 aliphatic rings. The predicted molar refractivity (Wildman–Crippen MR) is 70.5 cm³/mol. The molecule has 0 aromatic heterocycles. The van der Waals surface area contributed by atoms with Gasteiger partial charge in [0.2, 0.25) is 0 Å². The second-order valence-corrected chi connectivity index (χ2v) is 5.20. The predicted octanol–water partition coefficient (Wildman–Crippen LogP) is 3.37. The number of rotatable bonds is 3. The zero-order chi connectivity index (χ0) is 13.8. The number of aromatic hydroxyl groups is 1. The first-order valence-corrected chi connectivity index (χ1v) is 6.10. The van der Waals surface area contributed by atoms with Gasteiger partial charge in [0.25, 0.3) is 0 Å². The van der Waals surface area contributed by atoms with Crippen molar-refractivity contribution in [2.24, 2.45) is 0 Å². The Morgan fingerprint density at radius 1 is 1.44 bits per heavy atom. The van der Waals surface area contributed by atoms with E-state index in [9.17, 15) is 9.90 Å². The third kappa shape index (κ3) is 4.65. The van der Waals surface area contributed by atoms with Crippen LogP contribution in [0.4, 0.5) is 4.79 Å². The third-order valence-electron chi connectivity index (χ3n) is 2.37. The first kappa shape index (κ1) is 14.4. The lowest BCUT2D eigenvalue weighted by Gasteiger charge is -2.23.